The molecule has 0 aliphatic rings. The first-order chi connectivity index (χ1) is 9.39. The third-order valence-electron chi connectivity index (χ3n) is 3.07. The number of halogens is 1. The van der Waals surface area contributed by atoms with E-state index in [4.69, 9.17) is 0 Å². The van der Waals surface area contributed by atoms with Crippen LogP contribution in [0.1, 0.15) is 33.6 Å². The molecule has 0 spiro atoms. The molecule has 2 amide bonds. The molecule has 0 fully saturated rings. The number of hydrogen-bond acceptors (Lipinski definition) is 2. The van der Waals surface area contributed by atoms with E-state index in [1.54, 1.807) is 6.07 Å². The minimum Gasteiger partial charge on any atom is -0.355 e. The predicted molar refractivity (Wildman–Crippen MR) is 76.7 cm³/mol. The van der Waals surface area contributed by atoms with Crippen molar-refractivity contribution in [1.82, 2.24) is 5.32 Å². The van der Waals surface area contributed by atoms with Gasteiger partial charge in [-0.25, -0.2) is 4.39 Å². The molecular weight excluding hydrogens is 259 g/mol. The number of para-hydroxylation sites is 1. The standard InChI is InChI=1S/C15H21FN2O2/c1-4-5-10-17-13(19)15(2,3)14(20)18-12-9-7-6-8-11(12)16/h6-9H,4-5,10H2,1-3H3,(H,17,19)(H,18,20). The van der Waals surface area contributed by atoms with E-state index in [2.05, 4.69) is 10.6 Å². The third-order valence-corrected chi connectivity index (χ3v) is 3.07. The van der Waals surface area contributed by atoms with E-state index in [0.29, 0.717) is 6.54 Å². The van der Waals surface area contributed by atoms with Crippen LogP contribution in [0, 0.1) is 11.2 Å². The van der Waals surface area contributed by atoms with Crippen molar-refractivity contribution in [3.05, 3.63) is 30.1 Å². The summed E-state index contributed by atoms with van der Waals surface area (Å²) >= 11 is 0. The molecule has 1 aromatic rings. The fourth-order valence-corrected chi connectivity index (χ4v) is 1.54. The lowest BCUT2D eigenvalue weighted by molar-refractivity contribution is -0.138. The van der Waals surface area contributed by atoms with Crippen LogP contribution in [-0.2, 0) is 9.59 Å². The molecule has 0 unspecified atom stereocenters. The minimum atomic E-state index is -1.25. The number of hydrogen-bond donors (Lipinski definition) is 2. The highest BCUT2D eigenvalue weighted by Crippen LogP contribution is 2.20. The predicted octanol–water partition coefficient (Wildman–Crippen LogP) is 2.71. The number of nitrogens with one attached hydrogen (secondary N) is 2. The molecule has 5 heteroatoms. The topological polar surface area (TPSA) is 58.2 Å². The Labute approximate surface area is 118 Å². The second-order valence-electron chi connectivity index (χ2n) is 5.17. The summed E-state index contributed by atoms with van der Waals surface area (Å²) in [6.07, 6.45) is 1.82. The van der Waals surface area contributed by atoms with Crippen molar-refractivity contribution in [1.29, 1.82) is 0 Å². The first kappa shape index (κ1) is 16.1. The molecule has 1 aromatic carbocycles. The van der Waals surface area contributed by atoms with Crippen LogP contribution in [0.2, 0.25) is 0 Å². The van der Waals surface area contributed by atoms with Gasteiger partial charge in [-0.3, -0.25) is 9.59 Å². The fourth-order valence-electron chi connectivity index (χ4n) is 1.54. The summed E-state index contributed by atoms with van der Waals surface area (Å²) in [7, 11) is 0. The van der Waals surface area contributed by atoms with Crippen LogP contribution in [0.25, 0.3) is 0 Å². The summed E-state index contributed by atoms with van der Waals surface area (Å²) in [6, 6.07) is 5.86. The lowest BCUT2D eigenvalue weighted by Gasteiger charge is -2.22. The van der Waals surface area contributed by atoms with Gasteiger partial charge in [0.2, 0.25) is 11.8 Å². The van der Waals surface area contributed by atoms with Crippen LogP contribution in [0.15, 0.2) is 24.3 Å². The van der Waals surface area contributed by atoms with E-state index in [9.17, 15) is 14.0 Å². The van der Waals surface area contributed by atoms with Gasteiger partial charge in [0.25, 0.3) is 0 Å². The molecule has 4 nitrogen and oxygen atoms in total. The van der Waals surface area contributed by atoms with Gasteiger partial charge in [-0.15, -0.1) is 0 Å². The molecule has 0 atom stereocenters. The van der Waals surface area contributed by atoms with Crippen LogP contribution in [0.5, 0.6) is 0 Å². The Balaban J connectivity index is 2.69. The monoisotopic (exact) mass is 280 g/mol. The van der Waals surface area contributed by atoms with Crippen LogP contribution in [-0.4, -0.2) is 18.4 Å². The quantitative estimate of drug-likeness (QED) is 0.622. The summed E-state index contributed by atoms with van der Waals surface area (Å²) in [5.41, 5.74) is -1.18. The molecule has 1 rings (SSSR count). The Morgan fingerprint density at radius 3 is 2.45 bits per heavy atom. The van der Waals surface area contributed by atoms with Gasteiger partial charge in [0, 0.05) is 6.54 Å². The summed E-state index contributed by atoms with van der Waals surface area (Å²) < 4.78 is 13.5. The van der Waals surface area contributed by atoms with E-state index >= 15 is 0 Å². The van der Waals surface area contributed by atoms with E-state index in [1.165, 1.54) is 32.0 Å². The van der Waals surface area contributed by atoms with Crippen molar-refractivity contribution < 1.29 is 14.0 Å². The van der Waals surface area contributed by atoms with Crippen molar-refractivity contribution in [3.8, 4) is 0 Å². The van der Waals surface area contributed by atoms with Gasteiger partial charge in [0.1, 0.15) is 11.2 Å². The maximum Gasteiger partial charge on any atom is 0.239 e. The van der Waals surface area contributed by atoms with Crippen molar-refractivity contribution in [2.45, 2.75) is 33.6 Å². The van der Waals surface area contributed by atoms with Crippen LogP contribution < -0.4 is 10.6 Å². The van der Waals surface area contributed by atoms with E-state index < -0.39 is 17.1 Å². The Morgan fingerprint density at radius 1 is 1.20 bits per heavy atom. The maximum atomic E-state index is 13.5. The largest absolute Gasteiger partial charge is 0.355 e. The second-order valence-corrected chi connectivity index (χ2v) is 5.17. The van der Waals surface area contributed by atoms with Gasteiger partial charge in [-0.1, -0.05) is 25.5 Å². The number of amides is 2. The molecule has 0 aromatic heterocycles. The van der Waals surface area contributed by atoms with Gasteiger partial charge in [-0.05, 0) is 32.4 Å². The highest BCUT2D eigenvalue weighted by Gasteiger charge is 2.36. The Morgan fingerprint density at radius 2 is 1.85 bits per heavy atom. The minimum absolute atomic E-state index is 0.0759. The lowest BCUT2D eigenvalue weighted by Crippen LogP contribution is -2.45. The van der Waals surface area contributed by atoms with Crippen molar-refractivity contribution in [2.75, 3.05) is 11.9 Å². The molecule has 20 heavy (non-hydrogen) atoms. The number of carbonyl (C=O) groups is 2. The van der Waals surface area contributed by atoms with E-state index in [-0.39, 0.29) is 11.6 Å². The smallest absolute Gasteiger partial charge is 0.239 e. The summed E-state index contributed by atoms with van der Waals surface area (Å²) in [6.45, 7) is 5.59. The van der Waals surface area contributed by atoms with E-state index in [0.717, 1.165) is 12.8 Å². The zero-order valence-corrected chi connectivity index (χ0v) is 12.1. The third kappa shape index (κ3) is 4.05. The molecule has 0 heterocycles. The molecule has 0 saturated carbocycles. The van der Waals surface area contributed by atoms with E-state index in [1.807, 2.05) is 6.92 Å². The molecule has 0 radical (unpaired) electrons. The zero-order valence-electron chi connectivity index (χ0n) is 12.1. The van der Waals surface area contributed by atoms with Gasteiger partial charge in [-0.2, -0.15) is 0 Å². The fraction of sp³-hybridized carbons (Fsp3) is 0.467. The number of carbonyl (C=O) groups excluding carboxylic acids is 2. The molecular formula is C15H21FN2O2. The maximum absolute atomic E-state index is 13.5. The summed E-state index contributed by atoms with van der Waals surface area (Å²) in [5.74, 6) is -1.42. The molecule has 110 valence electrons. The second kappa shape index (κ2) is 7.03. The molecule has 0 bridgehead atoms. The number of rotatable bonds is 6. The van der Waals surface area contributed by atoms with Gasteiger partial charge in [0.05, 0.1) is 5.69 Å². The zero-order chi connectivity index (χ0) is 15.2. The Hall–Kier alpha value is -1.91. The highest BCUT2D eigenvalue weighted by molar-refractivity contribution is 6.09. The van der Waals surface area contributed by atoms with Crippen molar-refractivity contribution in [3.63, 3.8) is 0 Å². The average Bonchev–Trinajstić information content (AvgIpc) is 2.41. The Kier molecular flexibility index (Phi) is 5.67. The Bertz CT molecular complexity index is 487. The van der Waals surface area contributed by atoms with Crippen molar-refractivity contribution >= 4 is 17.5 Å². The molecule has 0 saturated heterocycles. The van der Waals surface area contributed by atoms with Crippen molar-refractivity contribution in [2.24, 2.45) is 5.41 Å². The van der Waals surface area contributed by atoms with Crippen LogP contribution in [0.4, 0.5) is 10.1 Å². The molecule has 0 aliphatic heterocycles. The summed E-state index contributed by atoms with van der Waals surface area (Å²) in [4.78, 5) is 24.1. The van der Waals surface area contributed by atoms with Crippen LogP contribution in [0.3, 0.4) is 0 Å². The number of benzene rings is 1. The van der Waals surface area contributed by atoms with Crippen LogP contribution >= 0.6 is 0 Å². The lowest BCUT2D eigenvalue weighted by atomic mass is 9.91. The summed E-state index contributed by atoms with van der Waals surface area (Å²) in [5, 5.41) is 5.16. The van der Waals surface area contributed by atoms with Gasteiger partial charge < -0.3 is 10.6 Å². The molecule has 0 aliphatic carbocycles. The first-order valence-corrected chi connectivity index (χ1v) is 6.74. The average molecular weight is 280 g/mol. The molecule has 2 N–H and O–H groups in total. The van der Waals surface area contributed by atoms with Gasteiger partial charge in [0.15, 0.2) is 0 Å². The number of anilines is 1. The highest BCUT2D eigenvalue weighted by atomic mass is 19.1. The normalized spacial score (nSPS) is 11.0. The van der Waals surface area contributed by atoms with Gasteiger partial charge >= 0.3 is 0 Å². The number of unbranched alkanes of at least 4 members (excludes halogenated alkanes) is 1. The SMILES string of the molecule is CCCCNC(=O)C(C)(C)C(=O)Nc1ccccc1F. The first-order valence-electron chi connectivity index (χ1n) is 6.74.